The zero-order valence-electron chi connectivity index (χ0n) is 17.5. The molecular weight excluding hydrogens is 394 g/mol. The van der Waals surface area contributed by atoms with Gasteiger partial charge in [0, 0.05) is 74.4 Å². The third kappa shape index (κ3) is 4.49. The molecule has 31 heavy (non-hydrogen) atoms. The fourth-order valence-corrected chi connectivity index (χ4v) is 3.98. The Bertz CT molecular complexity index is 1070. The van der Waals surface area contributed by atoms with E-state index < -0.39 is 4.92 Å². The van der Waals surface area contributed by atoms with Crippen molar-refractivity contribution < 1.29 is 9.72 Å². The van der Waals surface area contributed by atoms with Crippen molar-refractivity contribution in [3.8, 4) is 11.4 Å². The Morgan fingerprint density at radius 1 is 1.03 bits per heavy atom. The molecule has 1 aromatic heterocycles. The third-order valence-corrected chi connectivity index (χ3v) is 5.80. The topological polar surface area (TPSA) is 84.5 Å². The minimum atomic E-state index is -0.441. The summed E-state index contributed by atoms with van der Waals surface area (Å²) in [6.45, 7) is 6.09. The molecule has 4 rings (SSSR count). The number of rotatable bonds is 6. The lowest BCUT2D eigenvalue weighted by Gasteiger charge is -2.35. The summed E-state index contributed by atoms with van der Waals surface area (Å²) < 4.78 is 2.15. The van der Waals surface area contributed by atoms with Gasteiger partial charge in [-0.2, -0.15) is 0 Å². The minimum absolute atomic E-state index is 0.0148. The van der Waals surface area contributed by atoms with E-state index in [1.807, 2.05) is 30.6 Å². The van der Waals surface area contributed by atoms with Crippen molar-refractivity contribution in [3.05, 3.63) is 82.2 Å². The van der Waals surface area contributed by atoms with E-state index in [1.165, 1.54) is 6.07 Å². The lowest BCUT2D eigenvalue weighted by atomic mass is 10.1. The molecule has 0 bridgehead atoms. The van der Waals surface area contributed by atoms with E-state index in [9.17, 15) is 14.9 Å². The van der Waals surface area contributed by atoms with Gasteiger partial charge in [-0.15, -0.1) is 0 Å². The van der Waals surface area contributed by atoms with Gasteiger partial charge in [-0.25, -0.2) is 4.98 Å². The molecule has 2 heterocycles. The van der Waals surface area contributed by atoms with Gasteiger partial charge in [0.05, 0.1) is 4.92 Å². The summed E-state index contributed by atoms with van der Waals surface area (Å²) in [5.41, 5.74) is 1.91. The Morgan fingerprint density at radius 2 is 1.77 bits per heavy atom. The number of benzene rings is 2. The highest BCUT2D eigenvalue weighted by Gasteiger charge is 2.25. The van der Waals surface area contributed by atoms with Gasteiger partial charge in [0.25, 0.3) is 11.6 Å². The minimum Gasteiger partial charge on any atom is -0.336 e. The van der Waals surface area contributed by atoms with E-state index in [0.29, 0.717) is 24.2 Å². The molecule has 0 radical (unpaired) electrons. The van der Waals surface area contributed by atoms with E-state index in [0.717, 1.165) is 37.6 Å². The van der Waals surface area contributed by atoms with Crippen molar-refractivity contribution >= 4 is 11.6 Å². The Balaban J connectivity index is 1.34. The Labute approximate surface area is 180 Å². The van der Waals surface area contributed by atoms with Crippen LogP contribution in [0, 0.1) is 17.0 Å². The van der Waals surface area contributed by atoms with Gasteiger partial charge in [0.15, 0.2) is 0 Å². The number of hydrogen-bond acceptors (Lipinski definition) is 5. The molecule has 8 heteroatoms. The van der Waals surface area contributed by atoms with Gasteiger partial charge >= 0.3 is 0 Å². The standard InChI is InChI=1S/C23H25N5O3/c1-18-20(8-5-9-21(18)28(30)31)23(29)27-16-13-25(14-17-27)12-15-26-11-10-24-22(26)19-6-3-2-4-7-19/h2-11H,12-17H2,1H3. The highest BCUT2D eigenvalue weighted by atomic mass is 16.6. The molecular formula is C23H25N5O3. The molecule has 1 aliphatic rings. The highest BCUT2D eigenvalue weighted by molar-refractivity contribution is 5.96. The van der Waals surface area contributed by atoms with Crippen molar-refractivity contribution in [2.75, 3.05) is 32.7 Å². The van der Waals surface area contributed by atoms with Gasteiger partial charge < -0.3 is 9.47 Å². The summed E-state index contributed by atoms with van der Waals surface area (Å²) in [6.07, 6.45) is 3.81. The number of carbonyl (C=O) groups is 1. The molecule has 1 aliphatic heterocycles. The van der Waals surface area contributed by atoms with Crippen molar-refractivity contribution in [2.24, 2.45) is 0 Å². The second-order valence-corrected chi connectivity index (χ2v) is 7.65. The average Bonchev–Trinajstić information content (AvgIpc) is 3.27. The number of nitrogens with zero attached hydrogens (tertiary/aromatic N) is 5. The van der Waals surface area contributed by atoms with Crippen molar-refractivity contribution in [3.63, 3.8) is 0 Å². The fourth-order valence-electron chi connectivity index (χ4n) is 3.98. The van der Waals surface area contributed by atoms with Crippen molar-refractivity contribution in [1.29, 1.82) is 0 Å². The van der Waals surface area contributed by atoms with Crippen LogP contribution in [0.25, 0.3) is 11.4 Å². The molecule has 1 fully saturated rings. The number of piperazine rings is 1. The first-order valence-corrected chi connectivity index (χ1v) is 10.4. The molecule has 3 aromatic rings. The number of hydrogen-bond donors (Lipinski definition) is 0. The van der Waals surface area contributed by atoms with Crippen molar-refractivity contribution in [1.82, 2.24) is 19.4 Å². The van der Waals surface area contributed by atoms with Gasteiger partial charge in [-0.3, -0.25) is 19.8 Å². The zero-order chi connectivity index (χ0) is 21.8. The van der Waals surface area contributed by atoms with Crippen LogP contribution in [0.3, 0.4) is 0 Å². The molecule has 1 amide bonds. The van der Waals surface area contributed by atoms with Crippen LogP contribution in [0.1, 0.15) is 15.9 Å². The lowest BCUT2D eigenvalue weighted by molar-refractivity contribution is -0.385. The smallest absolute Gasteiger partial charge is 0.273 e. The molecule has 0 atom stereocenters. The van der Waals surface area contributed by atoms with Crippen LogP contribution in [0.4, 0.5) is 5.69 Å². The largest absolute Gasteiger partial charge is 0.336 e. The number of carbonyl (C=O) groups excluding carboxylic acids is 1. The SMILES string of the molecule is Cc1c(C(=O)N2CCN(CCn3ccnc3-c3ccccc3)CC2)cccc1[N+](=O)[O-]. The van der Waals surface area contributed by atoms with E-state index >= 15 is 0 Å². The molecule has 0 unspecified atom stereocenters. The summed E-state index contributed by atoms with van der Waals surface area (Å²) in [5, 5.41) is 11.2. The maximum Gasteiger partial charge on any atom is 0.273 e. The first kappa shape index (κ1) is 20.7. The van der Waals surface area contributed by atoms with Gasteiger partial charge in [-0.1, -0.05) is 36.4 Å². The van der Waals surface area contributed by atoms with E-state index in [-0.39, 0.29) is 11.6 Å². The van der Waals surface area contributed by atoms with Gasteiger partial charge in [-0.05, 0) is 13.0 Å². The fraction of sp³-hybridized carbons (Fsp3) is 0.304. The summed E-state index contributed by atoms with van der Waals surface area (Å²) >= 11 is 0. The molecule has 8 nitrogen and oxygen atoms in total. The lowest BCUT2D eigenvalue weighted by Crippen LogP contribution is -2.49. The monoisotopic (exact) mass is 419 g/mol. The summed E-state index contributed by atoms with van der Waals surface area (Å²) in [6, 6.07) is 14.8. The molecule has 0 spiro atoms. The first-order chi connectivity index (χ1) is 15.0. The van der Waals surface area contributed by atoms with Crippen LogP contribution in [-0.4, -0.2) is 62.9 Å². The van der Waals surface area contributed by atoms with Crippen LogP contribution in [-0.2, 0) is 6.54 Å². The molecule has 0 N–H and O–H groups in total. The maximum absolute atomic E-state index is 12.9. The second-order valence-electron chi connectivity index (χ2n) is 7.65. The van der Waals surface area contributed by atoms with Crippen LogP contribution >= 0.6 is 0 Å². The predicted molar refractivity (Wildman–Crippen MR) is 118 cm³/mol. The number of nitro benzene ring substituents is 1. The summed E-state index contributed by atoms with van der Waals surface area (Å²) in [7, 11) is 0. The molecule has 1 saturated heterocycles. The van der Waals surface area contributed by atoms with E-state index in [2.05, 4.69) is 26.6 Å². The predicted octanol–water partition coefficient (Wildman–Crippen LogP) is 3.22. The third-order valence-electron chi connectivity index (χ3n) is 5.80. The highest BCUT2D eigenvalue weighted by Crippen LogP contribution is 2.23. The molecule has 160 valence electrons. The van der Waals surface area contributed by atoms with Crippen LogP contribution in [0.2, 0.25) is 0 Å². The zero-order valence-corrected chi connectivity index (χ0v) is 17.5. The molecule has 2 aromatic carbocycles. The first-order valence-electron chi connectivity index (χ1n) is 10.4. The summed E-state index contributed by atoms with van der Waals surface area (Å²) in [4.78, 5) is 32.3. The van der Waals surface area contributed by atoms with Gasteiger partial charge in [0.1, 0.15) is 5.82 Å². The van der Waals surface area contributed by atoms with E-state index in [1.54, 1.807) is 24.0 Å². The Morgan fingerprint density at radius 3 is 2.48 bits per heavy atom. The quantitative estimate of drug-likeness (QED) is 0.452. The van der Waals surface area contributed by atoms with Crippen molar-refractivity contribution in [2.45, 2.75) is 13.5 Å². The maximum atomic E-state index is 12.9. The second kappa shape index (κ2) is 9.09. The van der Waals surface area contributed by atoms with Crippen LogP contribution < -0.4 is 0 Å². The van der Waals surface area contributed by atoms with E-state index in [4.69, 9.17) is 0 Å². The molecule has 0 saturated carbocycles. The van der Waals surface area contributed by atoms with Gasteiger partial charge in [0.2, 0.25) is 0 Å². The number of imidazole rings is 1. The number of aromatic nitrogens is 2. The van der Waals surface area contributed by atoms with Crippen LogP contribution in [0.15, 0.2) is 60.9 Å². The Hall–Kier alpha value is -3.52. The number of nitro groups is 1. The number of amides is 1. The Kier molecular flexibility index (Phi) is 6.08. The van der Waals surface area contributed by atoms with Crippen LogP contribution in [0.5, 0.6) is 0 Å². The normalized spacial score (nSPS) is 14.5. The summed E-state index contributed by atoms with van der Waals surface area (Å²) in [5.74, 6) is 0.817. The molecule has 0 aliphatic carbocycles. The average molecular weight is 419 g/mol.